The quantitative estimate of drug-likeness (QED) is 0.849. The highest BCUT2D eigenvalue weighted by atomic mass is 32.1. The van der Waals surface area contributed by atoms with E-state index in [4.69, 9.17) is 17.0 Å². The first-order valence-corrected chi connectivity index (χ1v) is 6.49. The van der Waals surface area contributed by atoms with Crippen LogP contribution >= 0.6 is 12.2 Å². The molecule has 2 N–H and O–H groups in total. The Labute approximate surface area is 123 Å². The van der Waals surface area contributed by atoms with Crippen LogP contribution in [0.25, 0.3) is 0 Å². The van der Waals surface area contributed by atoms with Gasteiger partial charge in [-0.25, -0.2) is 0 Å². The predicted octanol–water partition coefficient (Wildman–Crippen LogP) is 3.23. The molecule has 0 radical (unpaired) electrons. The van der Waals surface area contributed by atoms with Crippen LogP contribution in [0.4, 0.5) is 11.4 Å². The number of ether oxygens (including phenoxy) is 1. The molecule has 0 fully saturated rings. The van der Waals surface area contributed by atoms with Gasteiger partial charge < -0.3 is 20.1 Å². The second-order valence-electron chi connectivity index (χ2n) is 4.21. The number of methoxy groups -OCH3 is 1. The first kappa shape index (κ1) is 14.1. The van der Waals surface area contributed by atoms with Crippen molar-refractivity contribution < 1.29 is 9.84 Å². The van der Waals surface area contributed by atoms with Crippen LogP contribution in [0, 0.1) is 0 Å². The number of para-hydroxylation sites is 2. The van der Waals surface area contributed by atoms with Crippen LogP contribution in [0.3, 0.4) is 0 Å². The van der Waals surface area contributed by atoms with Crippen molar-refractivity contribution in [2.24, 2.45) is 0 Å². The fraction of sp³-hybridized carbons (Fsp3) is 0.133. The number of nitrogens with one attached hydrogen (secondary N) is 1. The van der Waals surface area contributed by atoms with Gasteiger partial charge in [0.15, 0.2) is 5.11 Å². The average molecular weight is 288 g/mol. The zero-order valence-electron chi connectivity index (χ0n) is 11.3. The summed E-state index contributed by atoms with van der Waals surface area (Å²) in [4.78, 5) is 1.82. The Balaban J connectivity index is 2.13. The van der Waals surface area contributed by atoms with E-state index < -0.39 is 0 Å². The number of rotatable bonds is 3. The summed E-state index contributed by atoms with van der Waals surface area (Å²) in [5, 5.41) is 13.0. The summed E-state index contributed by atoms with van der Waals surface area (Å²) in [6.07, 6.45) is 0. The lowest BCUT2D eigenvalue weighted by molar-refractivity contribution is 0.417. The molecule has 0 aliphatic heterocycles. The zero-order chi connectivity index (χ0) is 14.5. The Bertz CT molecular complexity index is 599. The summed E-state index contributed by atoms with van der Waals surface area (Å²) in [6.45, 7) is 0. The molecule has 104 valence electrons. The standard InChI is InChI=1S/C15H16N2O2S/c1-17(11-7-9-12(18)10-8-11)15(20)16-13-5-3-4-6-14(13)19-2/h3-10,18H,1-2H3,(H,16,20). The maximum atomic E-state index is 9.30. The topological polar surface area (TPSA) is 44.7 Å². The first-order chi connectivity index (χ1) is 9.61. The lowest BCUT2D eigenvalue weighted by atomic mass is 10.3. The minimum atomic E-state index is 0.228. The van der Waals surface area contributed by atoms with Gasteiger partial charge in [-0.2, -0.15) is 0 Å². The second kappa shape index (κ2) is 6.25. The van der Waals surface area contributed by atoms with Gasteiger partial charge in [0.2, 0.25) is 0 Å². The Hall–Kier alpha value is -2.27. The molecule has 0 saturated carbocycles. The third-order valence-corrected chi connectivity index (χ3v) is 3.27. The highest BCUT2D eigenvalue weighted by molar-refractivity contribution is 7.80. The molecule has 0 aliphatic rings. The molecule has 0 saturated heterocycles. The molecule has 0 aromatic heterocycles. The number of phenols is 1. The van der Waals surface area contributed by atoms with E-state index in [0.717, 1.165) is 17.1 Å². The molecule has 2 rings (SSSR count). The highest BCUT2D eigenvalue weighted by Gasteiger charge is 2.09. The molecule has 20 heavy (non-hydrogen) atoms. The van der Waals surface area contributed by atoms with E-state index in [2.05, 4.69) is 5.32 Å². The van der Waals surface area contributed by atoms with Gasteiger partial charge in [0.1, 0.15) is 11.5 Å². The van der Waals surface area contributed by atoms with Gasteiger partial charge in [0, 0.05) is 12.7 Å². The van der Waals surface area contributed by atoms with Crippen LogP contribution in [-0.2, 0) is 0 Å². The number of hydrogen-bond donors (Lipinski definition) is 2. The normalized spacial score (nSPS) is 9.90. The molecule has 0 amide bonds. The van der Waals surface area contributed by atoms with Crippen LogP contribution < -0.4 is 15.0 Å². The Morgan fingerprint density at radius 3 is 2.45 bits per heavy atom. The SMILES string of the molecule is COc1ccccc1NC(=S)N(C)c1ccc(O)cc1. The van der Waals surface area contributed by atoms with Crippen molar-refractivity contribution in [2.75, 3.05) is 24.4 Å². The van der Waals surface area contributed by atoms with Gasteiger partial charge in [-0.05, 0) is 48.6 Å². The van der Waals surface area contributed by atoms with E-state index in [1.54, 1.807) is 31.4 Å². The number of aromatic hydroxyl groups is 1. The molecule has 2 aromatic rings. The summed E-state index contributed by atoms with van der Waals surface area (Å²) >= 11 is 5.38. The highest BCUT2D eigenvalue weighted by Crippen LogP contribution is 2.24. The summed E-state index contributed by atoms with van der Waals surface area (Å²) in [7, 11) is 3.48. The van der Waals surface area contributed by atoms with Gasteiger partial charge in [0.05, 0.1) is 12.8 Å². The summed E-state index contributed by atoms with van der Waals surface area (Å²) in [5.41, 5.74) is 1.70. The minimum absolute atomic E-state index is 0.228. The number of hydrogen-bond acceptors (Lipinski definition) is 3. The molecule has 0 unspecified atom stereocenters. The third-order valence-electron chi connectivity index (χ3n) is 2.89. The molecule has 0 aliphatic carbocycles. The summed E-state index contributed by atoms with van der Waals surface area (Å²) < 4.78 is 5.27. The monoisotopic (exact) mass is 288 g/mol. The Morgan fingerprint density at radius 1 is 1.15 bits per heavy atom. The van der Waals surface area contributed by atoms with Gasteiger partial charge in [-0.1, -0.05) is 12.1 Å². The van der Waals surface area contributed by atoms with Crippen molar-refractivity contribution in [2.45, 2.75) is 0 Å². The summed E-state index contributed by atoms with van der Waals surface area (Å²) in [6, 6.07) is 14.4. The predicted molar refractivity (Wildman–Crippen MR) is 85.7 cm³/mol. The van der Waals surface area contributed by atoms with Gasteiger partial charge in [0.25, 0.3) is 0 Å². The maximum Gasteiger partial charge on any atom is 0.177 e. The van der Waals surface area contributed by atoms with Crippen LogP contribution in [0.15, 0.2) is 48.5 Å². The van der Waals surface area contributed by atoms with Gasteiger partial charge >= 0.3 is 0 Å². The van der Waals surface area contributed by atoms with Crippen LogP contribution in [-0.4, -0.2) is 24.4 Å². The van der Waals surface area contributed by atoms with Crippen LogP contribution in [0.1, 0.15) is 0 Å². The molecule has 0 bridgehead atoms. The molecular formula is C15H16N2O2S. The van der Waals surface area contributed by atoms with Crippen LogP contribution in [0.2, 0.25) is 0 Å². The van der Waals surface area contributed by atoms with E-state index in [1.165, 1.54) is 0 Å². The lowest BCUT2D eigenvalue weighted by Crippen LogP contribution is -2.30. The molecule has 0 atom stereocenters. The molecule has 2 aromatic carbocycles. The van der Waals surface area contributed by atoms with Gasteiger partial charge in [-0.3, -0.25) is 0 Å². The van der Waals surface area contributed by atoms with E-state index in [1.807, 2.05) is 36.2 Å². The fourth-order valence-electron chi connectivity index (χ4n) is 1.74. The van der Waals surface area contributed by atoms with Gasteiger partial charge in [-0.15, -0.1) is 0 Å². The van der Waals surface area contributed by atoms with Crippen molar-refractivity contribution in [1.29, 1.82) is 0 Å². The fourth-order valence-corrected chi connectivity index (χ4v) is 1.96. The first-order valence-electron chi connectivity index (χ1n) is 6.08. The Morgan fingerprint density at radius 2 is 1.80 bits per heavy atom. The van der Waals surface area contributed by atoms with Crippen molar-refractivity contribution >= 4 is 28.7 Å². The minimum Gasteiger partial charge on any atom is -0.508 e. The molecule has 5 heteroatoms. The largest absolute Gasteiger partial charge is 0.508 e. The van der Waals surface area contributed by atoms with Crippen LogP contribution in [0.5, 0.6) is 11.5 Å². The number of anilines is 2. The maximum absolute atomic E-state index is 9.30. The molecule has 0 heterocycles. The zero-order valence-corrected chi connectivity index (χ0v) is 12.1. The van der Waals surface area contributed by atoms with Crippen molar-refractivity contribution in [3.05, 3.63) is 48.5 Å². The smallest absolute Gasteiger partial charge is 0.177 e. The summed E-state index contributed by atoms with van der Waals surface area (Å²) in [5.74, 6) is 0.958. The molecule has 0 spiro atoms. The number of thiocarbonyl (C=S) groups is 1. The number of nitrogens with zero attached hydrogens (tertiary/aromatic N) is 1. The number of phenolic OH excluding ortho intramolecular Hbond substituents is 1. The lowest BCUT2D eigenvalue weighted by Gasteiger charge is -2.22. The second-order valence-corrected chi connectivity index (χ2v) is 4.59. The van der Waals surface area contributed by atoms with Crippen molar-refractivity contribution in [3.63, 3.8) is 0 Å². The van der Waals surface area contributed by atoms with E-state index in [-0.39, 0.29) is 5.75 Å². The Kier molecular flexibility index (Phi) is 4.42. The average Bonchev–Trinajstić information content (AvgIpc) is 2.48. The van der Waals surface area contributed by atoms with E-state index >= 15 is 0 Å². The molecular weight excluding hydrogens is 272 g/mol. The molecule has 4 nitrogen and oxygen atoms in total. The van der Waals surface area contributed by atoms with E-state index in [9.17, 15) is 5.11 Å². The van der Waals surface area contributed by atoms with Crippen molar-refractivity contribution in [1.82, 2.24) is 0 Å². The van der Waals surface area contributed by atoms with Crippen molar-refractivity contribution in [3.8, 4) is 11.5 Å². The third kappa shape index (κ3) is 3.19. The van der Waals surface area contributed by atoms with E-state index in [0.29, 0.717) is 5.11 Å². The number of benzene rings is 2.